The third kappa shape index (κ3) is 2.07. The average Bonchev–Trinajstić information content (AvgIpc) is 2.14. The van der Waals surface area contributed by atoms with Crippen LogP contribution in [0.15, 0.2) is 0 Å². The smallest absolute Gasteiger partial charge is 0.110 e. The van der Waals surface area contributed by atoms with Gasteiger partial charge >= 0.3 is 0 Å². The predicted molar refractivity (Wildman–Crippen MR) is 50.6 cm³/mol. The van der Waals surface area contributed by atoms with Crippen LogP contribution in [0.4, 0.5) is 0 Å². The first-order chi connectivity index (χ1) is 6.49. The number of hydrogen-bond acceptors (Lipinski definition) is 5. The summed E-state index contributed by atoms with van der Waals surface area (Å²) in [5, 5.41) is 28.0. The van der Waals surface area contributed by atoms with Crippen molar-refractivity contribution in [2.45, 2.75) is 44.3 Å². The van der Waals surface area contributed by atoms with E-state index in [0.717, 1.165) is 0 Å². The molecule has 14 heavy (non-hydrogen) atoms. The maximum Gasteiger partial charge on any atom is 0.110 e. The molecule has 1 aliphatic rings. The van der Waals surface area contributed by atoms with Crippen molar-refractivity contribution in [3.63, 3.8) is 0 Å². The summed E-state index contributed by atoms with van der Waals surface area (Å²) in [4.78, 5) is 0. The van der Waals surface area contributed by atoms with Gasteiger partial charge in [-0.05, 0) is 5.92 Å². The van der Waals surface area contributed by atoms with Gasteiger partial charge in [0.2, 0.25) is 0 Å². The van der Waals surface area contributed by atoms with Crippen LogP contribution in [-0.2, 0) is 4.74 Å². The molecule has 5 N–H and O–H groups in total. The van der Waals surface area contributed by atoms with Crippen LogP contribution in [0.1, 0.15) is 13.8 Å². The summed E-state index contributed by atoms with van der Waals surface area (Å²) in [7, 11) is 0. The Labute approximate surface area is 83.5 Å². The highest BCUT2D eigenvalue weighted by Crippen LogP contribution is 2.24. The molecule has 0 spiro atoms. The molecule has 0 amide bonds. The van der Waals surface area contributed by atoms with Crippen molar-refractivity contribution in [3.05, 3.63) is 0 Å². The number of aliphatic hydroxyl groups is 3. The molecule has 0 aliphatic carbocycles. The SMILES string of the molecule is CC(C)[C@H]1OC(CO)[C@@H](O)[C@H](O)C1N. The fourth-order valence-corrected chi connectivity index (χ4v) is 1.77. The molecule has 1 rings (SSSR count). The number of nitrogens with two attached hydrogens (primary N) is 1. The van der Waals surface area contributed by atoms with E-state index in [-0.39, 0.29) is 18.6 Å². The lowest BCUT2D eigenvalue weighted by atomic mass is 9.88. The molecule has 0 bridgehead atoms. The standard InChI is InChI=1S/C9H19NO4/c1-4(2)9-6(10)8(13)7(12)5(3-11)14-9/h4-9,11-13H,3,10H2,1-2H3/t5?,6?,7-,8-,9-/m1/s1. The van der Waals surface area contributed by atoms with E-state index in [1.54, 1.807) is 0 Å². The van der Waals surface area contributed by atoms with Crippen molar-refractivity contribution in [3.8, 4) is 0 Å². The van der Waals surface area contributed by atoms with Crippen molar-refractivity contribution in [1.29, 1.82) is 0 Å². The highest BCUT2D eigenvalue weighted by molar-refractivity contribution is 4.95. The lowest BCUT2D eigenvalue weighted by Gasteiger charge is -2.42. The number of rotatable bonds is 2. The molecule has 2 unspecified atom stereocenters. The Balaban J connectivity index is 2.73. The van der Waals surface area contributed by atoms with Crippen molar-refractivity contribution < 1.29 is 20.1 Å². The van der Waals surface area contributed by atoms with E-state index in [2.05, 4.69) is 0 Å². The molecule has 5 heteroatoms. The minimum atomic E-state index is -1.11. The van der Waals surface area contributed by atoms with Crippen LogP contribution in [0, 0.1) is 5.92 Å². The summed E-state index contributed by atoms with van der Waals surface area (Å²) in [5.41, 5.74) is 5.71. The zero-order valence-corrected chi connectivity index (χ0v) is 8.50. The molecule has 1 heterocycles. The van der Waals surface area contributed by atoms with Crippen molar-refractivity contribution >= 4 is 0 Å². The molecule has 0 aromatic rings. The van der Waals surface area contributed by atoms with Crippen LogP contribution in [0.5, 0.6) is 0 Å². The van der Waals surface area contributed by atoms with Gasteiger partial charge in [0.15, 0.2) is 0 Å². The third-order valence-electron chi connectivity index (χ3n) is 2.67. The molecular weight excluding hydrogens is 186 g/mol. The maximum atomic E-state index is 9.60. The fourth-order valence-electron chi connectivity index (χ4n) is 1.77. The molecule has 5 nitrogen and oxygen atoms in total. The summed E-state index contributed by atoms with van der Waals surface area (Å²) < 4.78 is 5.41. The Morgan fingerprint density at radius 3 is 2.29 bits per heavy atom. The molecule has 1 saturated heterocycles. The Morgan fingerprint density at radius 1 is 1.29 bits per heavy atom. The van der Waals surface area contributed by atoms with Gasteiger partial charge in [0.25, 0.3) is 0 Å². The first kappa shape index (κ1) is 11.9. The second-order valence-electron chi connectivity index (χ2n) is 4.12. The molecule has 0 aromatic carbocycles. The molecule has 5 atom stereocenters. The van der Waals surface area contributed by atoms with E-state index in [4.69, 9.17) is 15.6 Å². The summed E-state index contributed by atoms with van der Waals surface area (Å²) in [5.74, 6) is 0.140. The van der Waals surface area contributed by atoms with E-state index in [9.17, 15) is 10.2 Å². The highest BCUT2D eigenvalue weighted by Gasteiger charge is 2.43. The van der Waals surface area contributed by atoms with Gasteiger partial charge in [-0.3, -0.25) is 0 Å². The second-order valence-corrected chi connectivity index (χ2v) is 4.12. The van der Waals surface area contributed by atoms with Crippen LogP contribution < -0.4 is 5.73 Å². The van der Waals surface area contributed by atoms with Crippen LogP contribution in [0.3, 0.4) is 0 Å². The van der Waals surface area contributed by atoms with Crippen LogP contribution in [0.25, 0.3) is 0 Å². The minimum absolute atomic E-state index is 0.140. The number of hydrogen-bond donors (Lipinski definition) is 4. The largest absolute Gasteiger partial charge is 0.394 e. The Morgan fingerprint density at radius 2 is 1.86 bits per heavy atom. The van der Waals surface area contributed by atoms with Gasteiger partial charge in [-0.2, -0.15) is 0 Å². The maximum absolute atomic E-state index is 9.60. The summed E-state index contributed by atoms with van der Waals surface area (Å²) in [6, 6.07) is -0.604. The molecule has 0 saturated carbocycles. The van der Waals surface area contributed by atoms with Gasteiger partial charge in [0.1, 0.15) is 18.3 Å². The van der Waals surface area contributed by atoms with E-state index in [0.29, 0.717) is 0 Å². The first-order valence-corrected chi connectivity index (χ1v) is 4.87. The quantitative estimate of drug-likeness (QED) is 0.438. The first-order valence-electron chi connectivity index (χ1n) is 4.87. The zero-order chi connectivity index (χ0) is 10.9. The van der Waals surface area contributed by atoms with E-state index >= 15 is 0 Å². The van der Waals surface area contributed by atoms with Gasteiger partial charge in [0, 0.05) is 0 Å². The summed E-state index contributed by atoms with van der Waals surface area (Å²) in [6.07, 6.45) is -3.21. The minimum Gasteiger partial charge on any atom is -0.394 e. The van der Waals surface area contributed by atoms with E-state index in [1.807, 2.05) is 13.8 Å². The normalized spacial score (nSPS) is 44.4. The van der Waals surface area contributed by atoms with Crippen molar-refractivity contribution in [2.24, 2.45) is 11.7 Å². The van der Waals surface area contributed by atoms with Gasteiger partial charge in [0.05, 0.1) is 18.8 Å². The monoisotopic (exact) mass is 205 g/mol. The average molecular weight is 205 g/mol. The van der Waals surface area contributed by atoms with Gasteiger partial charge in [-0.25, -0.2) is 0 Å². The van der Waals surface area contributed by atoms with E-state index < -0.39 is 24.4 Å². The van der Waals surface area contributed by atoms with Gasteiger partial charge in [-0.1, -0.05) is 13.8 Å². The Kier molecular flexibility index (Phi) is 3.86. The predicted octanol–water partition coefficient (Wildman–Crippen LogP) is -1.55. The zero-order valence-electron chi connectivity index (χ0n) is 8.50. The topological polar surface area (TPSA) is 95.9 Å². The fraction of sp³-hybridized carbons (Fsp3) is 1.00. The van der Waals surface area contributed by atoms with Crippen LogP contribution >= 0.6 is 0 Å². The second kappa shape index (κ2) is 4.55. The van der Waals surface area contributed by atoms with Crippen LogP contribution in [-0.4, -0.2) is 52.4 Å². The number of ether oxygens (including phenoxy) is 1. The lowest BCUT2D eigenvalue weighted by Crippen LogP contribution is -2.63. The Hall–Kier alpha value is -0.200. The molecule has 0 radical (unpaired) electrons. The van der Waals surface area contributed by atoms with Gasteiger partial charge < -0.3 is 25.8 Å². The lowest BCUT2D eigenvalue weighted by molar-refractivity contribution is -0.198. The van der Waals surface area contributed by atoms with Crippen molar-refractivity contribution in [1.82, 2.24) is 0 Å². The molecule has 1 fully saturated rings. The Bertz CT molecular complexity index is 186. The number of aliphatic hydroxyl groups excluding tert-OH is 3. The molecule has 1 aliphatic heterocycles. The summed E-state index contributed by atoms with van der Waals surface area (Å²) in [6.45, 7) is 3.53. The highest BCUT2D eigenvalue weighted by atomic mass is 16.5. The van der Waals surface area contributed by atoms with Crippen molar-refractivity contribution in [2.75, 3.05) is 6.61 Å². The summed E-state index contributed by atoms with van der Waals surface area (Å²) >= 11 is 0. The van der Waals surface area contributed by atoms with E-state index in [1.165, 1.54) is 0 Å². The van der Waals surface area contributed by atoms with Gasteiger partial charge in [-0.15, -0.1) is 0 Å². The molecular formula is C9H19NO4. The third-order valence-corrected chi connectivity index (χ3v) is 2.67. The van der Waals surface area contributed by atoms with Crippen LogP contribution in [0.2, 0.25) is 0 Å². The molecule has 84 valence electrons. The molecule has 0 aromatic heterocycles.